The third kappa shape index (κ3) is 3.68. The van der Waals surface area contributed by atoms with Gasteiger partial charge >= 0.3 is 0 Å². The molecule has 4 rings (SSSR count). The van der Waals surface area contributed by atoms with Crippen LogP contribution in [0.1, 0.15) is 39.1 Å². The Morgan fingerprint density at radius 3 is 2.67 bits per heavy atom. The first-order chi connectivity index (χ1) is 14.0. The Morgan fingerprint density at radius 1 is 1.20 bits per heavy atom. The Morgan fingerprint density at radius 2 is 1.93 bits per heavy atom. The number of benzene rings is 2. The highest BCUT2D eigenvalue weighted by Crippen LogP contribution is 2.27. The Balaban J connectivity index is 1.55. The second-order valence-electron chi connectivity index (χ2n) is 8.20. The number of amidine groups is 1. The number of hydrogen-bond donors (Lipinski definition) is 2. The molecule has 1 aliphatic heterocycles. The predicted octanol–water partition coefficient (Wildman–Crippen LogP) is 3.19. The maximum absolute atomic E-state index is 12.6. The Kier molecular flexibility index (Phi) is 4.65. The van der Waals surface area contributed by atoms with Gasteiger partial charge in [0.25, 0.3) is 10.0 Å². The average molecular weight is 426 g/mol. The smallest absolute Gasteiger partial charge is 0.263 e. The zero-order valence-corrected chi connectivity index (χ0v) is 17.9. The van der Waals surface area contributed by atoms with Gasteiger partial charge in [0.15, 0.2) is 5.58 Å². The van der Waals surface area contributed by atoms with Crippen LogP contribution in [0.5, 0.6) is 0 Å². The molecule has 3 aromatic rings. The summed E-state index contributed by atoms with van der Waals surface area (Å²) in [6.45, 7) is 7.63. The summed E-state index contributed by atoms with van der Waals surface area (Å²) in [6, 6.07) is 10.9. The van der Waals surface area contributed by atoms with Crippen molar-refractivity contribution >= 4 is 38.6 Å². The maximum atomic E-state index is 12.6. The fourth-order valence-corrected chi connectivity index (χ4v) is 4.29. The number of rotatable bonds is 3. The summed E-state index contributed by atoms with van der Waals surface area (Å²) in [5.74, 6) is 0.410. The van der Waals surface area contributed by atoms with Crippen molar-refractivity contribution < 1.29 is 17.6 Å². The number of amides is 1. The van der Waals surface area contributed by atoms with Crippen LogP contribution in [-0.2, 0) is 20.2 Å². The van der Waals surface area contributed by atoms with Gasteiger partial charge in [-0.3, -0.25) is 14.5 Å². The van der Waals surface area contributed by atoms with E-state index in [1.54, 1.807) is 43.3 Å². The van der Waals surface area contributed by atoms with Crippen molar-refractivity contribution in [3.8, 4) is 0 Å². The third-order valence-electron chi connectivity index (χ3n) is 4.66. The molecule has 0 fully saturated rings. The molecular weight excluding hydrogens is 404 g/mol. The lowest BCUT2D eigenvalue weighted by Crippen LogP contribution is -2.28. The quantitative estimate of drug-likeness (QED) is 0.668. The monoisotopic (exact) mass is 426 g/mol. The van der Waals surface area contributed by atoms with E-state index >= 15 is 0 Å². The number of nitrogens with zero attached hydrogens (tertiary/aromatic N) is 2. The highest BCUT2D eigenvalue weighted by molar-refractivity contribution is 7.90. The van der Waals surface area contributed by atoms with E-state index < -0.39 is 16.1 Å². The van der Waals surface area contributed by atoms with Crippen molar-refractivity contribution in [2.24, 2.45) is 4.99 Å². The molecule has 2 aromatic carbocycles. The minimum Gasteiger partial charge on any atom is -0.440 e. The van der Waals surface area contributed by atoms with E-state index in [2.05, 4.69) is 20.0 Å². The summed E-state index contributed by atoms with van der Waals surface area (Å²) in [5, 5.41) is 2.80. The van der Waals surface area contributed by atoms with Gasteiger partial charge in [0.1, 0.15) is 17.4 Å². The fourth-order valence-electron chi connectivity index (χ4n) is 3.05. The van der Waals surface area contributed by atoms with Crippen LogP contribution in [0.2, 0.25) is 0 Å². The number of aromatic nitrogens is 1. The highest BCUT2D eigenvalue weighted by Gasteiger charge is 2.31. The number of anilines is 1. The standard InChI is InChI=1S/C21H22N4O4S/c1-12(22-18-14-7-5-6-8-17(14)30(27,28)25-18)19(26)23-13-9-10-16-15(11-13)24-20(29-16)21(2,3)4/h5-12H,1-4H3,(H,22,25)(H,23,26)/t12-/m0/s1. The van der Waals surface area contributed by atoms with Gasteiger partial charge in [-0.2, -0.15) is 0 Å². The van der Waals surface area contributed by atoms with E-state index in [4.69, 9.17) is 4.42 Å². The second kappa shape index (κ2) is 6.94. The van der Waals surface area contributed by atoms with E-state index in [-0.39, 0.29) is 22.1 Å². The van der Waals surface area contributed by atoms with E-state index in [0.29, 0.717) is 28.2 Å². The van der Waals surface area contributed by atoms with Crippen molar-refractivity contribution in [3.05, 3.63) is 53.9 Å². The first-order valence-electron chi connectivity index (χ1n) is 9.46. The number of oxazole rings is 1. The van der Waals surface area contributed by atoms with Gasteiger partial charge in [-0.25, -0.2) is 13.4 Å². The molecule has 1 atom stereocenters. The maximum Gasteiger partial charge on any atom is 0.263 e. The predicted molar refractivity (Wildman–Crippen MR) is 114 cm³/mol. The first kappa shape index (κ1) is 20.1. The van der Waals surface area contributed by atoms with E-state index in [9.17, 15) is 13.2 Å². The lowest BCUT2D eigenvalue weighted by Gasteiger charge is -2.11. The molecule has 156 valence electrons. The summed E-state index contributed by atoms with van der Waals surface area (Å²) in [4.78, 5) is 21.6. The zero-order chi connectivity index (χ0) is 21.7. The van der Waals surface area contributed by atoms with Crippen LogP contribution in [0.3, 0.4) is 0 Å². The van der Waals surface area contributed by atoms with Gasteiger partial charge in [-0.15, -0.1) is 0 Å². The molecule has 1 aromatic heterocycles. The molecule has 0 bridgehead atoms. The van der Waals surface area contributed by atoms with Crippen LogP contribution in [-0.4, -0.2) is 31.2 Å². The molecule has 0 radical (unpaired) electrons. The molecule has 30 heavy (non-hydrogen) atoms. The number of carbonyl (C=O) groups excluding carboxylic acids is 1. The SMILES string of the molecule is C[C@H](N=C1NS(=O)(=O)c2ccccc21)C(=O)Nc1ccc2oc(C(C)(C)C)nc2c1. The van der Waals surface area contributed by atoms with Crippen LogP contribution in [0.25, 0.3) is 11.1 Å². The van der Waals surface area contributed by atoms with Crippen LogP contribution in [0.4, 0.5) is 5.69 Å². The Bertz CT molecular complexity index is 1290. The number of carbonyl (C=O) groups is 1. The van der Waals surface area contributed by atoms with Crippen LogP contribution >= 0.6 is 0 Å². The molecule has 0 saturated heterocycles. The van der Waals surface area contributed by atoms with E-state index in [1.165, 1.54) is 6.07 Å². The summed E-state index contributed by atoms with van der Waals surface area (Å²) < 4.78 is 32.6. The molecule has 1 amide bonds. The van der Waals surface area contributed by atoms with Gasteiger partial charge in [0, 0.05) is 16.7 Å². The van der Waals surface area contributed by atoms with Crippen LogP contribution in [0, 0.1) is 0 Å². The first-order valence-corrected chi connectivity index (χ1v) is 10.9. The normalized spacial score (nSPS) is 17.5. The van der Waals surface area contributed by atoms with Crippen LogP contribution < -0.4 is 10.0 Å². The third-order valence-corrected chi connectivity index (χ3v) is 6.06. The second-order valence-corrected chi connectivity index (χ2v) is 9.85. The Labute approximate surface area is 174 Å². The molecule has 0 aliphatic carbocycles. The molecular formula is C21H22N4O4S. The van der Waals surface area contributed by atoms with Gasteiger partial charge in [-0.05, 0) is 37.3 Å². The van der Waals surface area contributed by atoms with Gasteiger partial charge in [-0.1, -0.05) is 32.9 Å². The minimum atomic E-state index is -3.65. The van der Waals surface area contributed by atoms with Crippen molar-refractivity contribution in [2.45, 2.75) is 44.0 Å². The number of nitrogens with one attached hydrogen (secondary N) is 2. The van der Waals surface area contributed by atoms with E-state index in [1.807, 2.05) is 20.8 Å². The summed E-state index contributed by atoms with van der Waals surface area (Å²) in [6.07, 6.45) is 0. The molecule has 2 heterocycles. The van der Waals surface area contributed by atoms with E-state index in [0.717, 1.165) is 0 Å². The van der Waals surface area contributed by atoms with Crippen LogP contribution in [0.15, 0.2) is 56.8 Å². The number of aliphatic imine (C=N–C) groups is 1. The topological polar surface area (TPSA) is 114 Å². The highest BCUT2D eigenvalue weighted by atomic mass is 32.2. The molecule has 1 aliphatic rings. The Hall–Kier alpha value is -3.20. The summed E-state index contributed by atoms with van der Waals surface area (Å²) >= 11 is 0. The number of fused-ring (bicyclic) bond motifs is 2. The van der Waals surface area contributed by atoms with Crippen molar-refractivity contribution in [2.75, 3.05) is 5.32 Å². The van der Waals surface area contributed by atoms with Crippen molar-refractivity contribution in [3.63, 3.8) is 0 Å². The average Bonchev–Trinajstić information content (AvgIpc) is 3.21. The molecule has 9 heteroatoms. The molecule has 0 spiro atoms. The fraction of sp³-hybridized carbons (Fsp3) is 0.286. The molecule has 2 N–H and O–H groups in total. The molecule has 0 unspecified atom stereocenters. The summed E-state index contributed by atoms with van der Waals surface area (Å²) in [7, 11) is -3.65. The minimum absolute atomic E-state index is 0.155. The molecule has 0 saturated carbocycles. The lowest BCUT2D eigenvalue weighted by molar-refractivity contribution is -0.117. The van der Waals surface area contributed by atoms with Crippen molar-refractivity contribution in [1.29, 1.82) is 0 Å². The number of sulfonamides is 1. The van der Waals surface area contributed by atoms with Gasteiger partial charge < -0.3 is 9.73 Å². The van der Waals surface area contributed by atoms with Gasteiger partial charge in [0.2, 0.25) is 11.8 Å². The zero-order valence-electron chi connectivity index (χ0n) is 17.1. The number of hydrogen-bond acceptors (Lipinski definition) is 6. The summed E-state index contributed by atoms with van der Waals surface area (Å²) in [5.41, 5.74) is 2.08. The molecule has 8 nitrogen and oxygen atoms in total. The van der Waals surface area contributed by atoms with Gasteiger partial charge in [0.05, 0.1) is 4.90 Å². The lowest BCUT2D eigenvalue weighted by atomic mass is 9.97. The van der Waals surface area contributed by atoms with Crippen molar-refractivity contribution in [1.82, 2.24) is 9.71 Å². The largest absolute Gasteiger partial charge is 0.440 e.